The van der Waals surface area contributed by atoms with E-state index in [0.29, 0.717) is 25.9 Å². The highest BCUT2D eigenvalue weighted by atomic mass is 16.2. The van der Waals surface area contributed by atoms with Crippen LogP contribution in [0.5, 0.6) is 0 Å². The van der Waals surface area contributed by atoms with E-state index in [1.165, 1.54) is 0 Å². The van der Waals surface area contributed by atoms with Gasteiger partial charge in [0.2, 0.25) is 5.91 Å². The van der Waals surface area contributed by atoms with Crippen LogP contribution >= 0.6 is 0 Å². The third-order valence-corrected chi connectivity index (χ3v) is 6.35. The first-order valence-corrected chi connectivity index (χ1v) is 11.6. The molecule has 0 bridgehead atoms. The van der Waals surface area contributed by atoms with Gasteiger partial charge in [-0.15, -0.1) is 0 Å². The number of rotatable bonds is 9. The molecule has 3 aromatic carbocycles. The minimum Gasteiger partial charge on any atom is -0.336 e. The predicted molar refractivity (Wildman–Crippen MR) is 131 cm³/mol. The number of nitrogens with zero attached hydrogens (tertiary/aromatic N) is 2. The highest BCUT2D eigenvalue weighted by molar-refractivity contribution is 6.09. The molecule has 1 aliphatic heterocycles. The highest BCUT2D eigenvalue weighted by Crippen LogP contribution is 2.32. The Labute approximate surface area is 200 Å². The molecule has 1 heterocycles. The summed E-state index contributed by atoms with van der Waals surface area (Å²) in [6.07, 6.45) is 1.08. The van der Waals surface area contributed by atoms with Crippen molar-refractivity contribution in [1.29, 1.82) is 0 Å². The van der Waals surface area contributed by atoms with Gasteiger partial charge in [-0.05, 0) is 29.5 Å². The minimum absolute atomic E-state index is 0.261. The second-order valence-electron chi connectivity index (χ2n) is 8.48. The number of urea groups is 1. The Morgan fingerprint density at radius 1 is 0.853 bits per heavy atom. The number of carbonyl (C=O) groups excluding carboxylic acids is 3. The van der Waals surface area contributed by atoms with E-state index in [2.05, 4.69) is 5.32 Å². The lowest BCUT2D eigenvalue weighted by atomic mass is 9.87. The van der Waals surface area contributed by atoms with Crippen molar-refractivity contribution < 1.29 is 14.4 Å². The lowest BCUT2D eigenvalue weighted by molar-refractivity contribution is -0.139. The molecule has 0 radical (unpaired) electrons. The first-order valence-electron chi connectivity index (χ1n) is 11.6. The van der Waals surface area contributed by atoms with Crippen molar-refractivity contribution in [3.8, 4) is 0 Å². The Morgan fingerprint density at radius 3 is 2.00 bits per heavy atom. The third kappa shape index (κ3) is 4.86. The van der Waals surface area contributed by atoms with E-state index in [-0.39, 0.29) is 18.4 Å². The second kappa shape index (κ2) is 10.3. The summed E-state index contributed by atoms with van der Waals surface area (Å²) in [7, 11) is 0. The van der Waals surface area contributed by atoms with Crippen molar-refractivity contribution in [2.45, 2.75) is 31.8 Å². The van der Waals surface area contributed by atoms with Gasteiger partial charge in [-0.2, -0.15) is 0 Å². The molecule has 1 atom stereocenters. The summed E-state index contributed by atoms with van der Waals surface area (Å²) >= 11 is 0. The van der Waals surface area contributed by atoms with Gasteiger partial charge < -0.3 is 10.2 Å². The van der Waals surface area contributed by atoms with Crippen LogP contribution < -0.4 is 5.32 Å². The number of amides is 4. The molecule has 0 spiro atoms. The molecule has 3 aromatic rings. The fraction of sp³-hybridized carbons (Fsp3) is 0.250. The molecule has 174 valence electrons. The van der Waals surface area contributed by atoms with Gasteiger partial charge in [0.25, 0.3) is 5.91 Å². The van der Waals surface area contributed by atoms with Crippen LogP contribution in [0.3, 0.4) is 0 Å². The Morgan fingerprint density at radius 2 is 1.41 bits per heavy atom. The lowest BCUT2D eigenvalue weighted by Gasteiger charge is -2.27. The molecule has 1 aliphatic rings. The van der Waals surface area contributed by atoms with E-state index in [1.54, 1.807) is 4.90 Å². The number of carbonyl (C=O) groups is 3. The summed E-state index contributed by atoms with van der Waals surface area (Å²) in [6.45, 7) is 2.46. The molecule has 0 aliphatic carbocycles. The average Bonchev–Trinajstić information content (AvgIpc) is 3.13. The topological polar surface area (TPSA) is 69.7 Å². The van der Waals surface area contributed by atoms with Gasteiger partial charge in [-0.1, -0.05) is 97.9 Å². The first kappa shape index (κ1) is 23.2. The van der Waals surface area contributed by atoms with Crippen LogP contribution in [0.15, 0.2) is 91.0 Å². The molecule has 34 heavy (non-hydrogen) atoms. The smallest absolute Gasteiger partial charge is 0.325 e. The Hall–Kier alpha value is -3.93. The van der Waals surface area contributed by atoms with E-state index in [1.807, 2.05) is 97.9 Å². The van der Waals surface area contributed by atoms with Gasteiger partial charge in [0, 0.05) is 13.1 Å². The Balaban J connectivity index is 1.53. The summed E-state index contributed by atoms with van der Waals surface area (Å²) in [4.78, 5) is 42.5. The van der Waals surface area contributed by atoms with E-state index in [0.717, 1.165) is 21.6 Å². The number of hydrogen-bond acceptors (Lipinski definition) is 3. The number of hydrogen-bond donors (Lipinski definition) is 1. The monoisotopic (exact) mass is 455 g/mol. The first-order chi connectivity index (χ1) is 16.5. The van der Waals surface area contributed by atoms with Crippen LogP contribution in [0, 0.1) is 0 Å². The fourth-order valence-corrected chi connectivity index (χ4v) is 4.37. The molecule has 0 aromatic heterocycles. The second-order valence-corrected chi connectivity index (χ2v) is 8.48. The van der Waals surface area contributed by atoms with Crippen molar-refractivity contribution in [3.63, 3.8) is 0 Å². The maximum atomic E-state index is 13.4. The van der Waals surface area contributed by atoms with Gasteiger partial charge >= 0.3 is 6.03 Å². The van der Waals surface area contributed by atoms with Crippen LogP contribution in [0.1, 0.15) is 30.0 Å². The molecule has 1 fully saturated rings. The van der Waals surface area contributed by atoms with Crippen LogP contribution in [-0.4, -0.2) is 40.7 Å². The van der Waals surface area contributed by atoms with Crippen molar-refractivity contribution in [3.05, 3.63) is 108 Å². The van der Waals surface area contributed by atoms with E-state index >= 15 is 0 Å². The van der Waals surface area contributed by atoms with Crippen LogP contribution in [0.2, 0.25) is 0 Å². The summed E-state index contributed by atoms with van der Waals surface area (Å²) < 4.78 is 0. The highest BCUT2D eigenvalue weighted by Gasteiger charge is 2.51. The van der Waals surface area contributed by atoms with Gasteiger partial charge in [-0.25, -0.2) is 4.79 Å². The van der Waals surface area contributed by atoms with Crippen molar-refractivity contribution in [1.82, 2.24) is 15.1 Å². The summed E-state index contributed by atoms with van der Waals surface area (Å²) in [5.41, 5.74) is 1.69. The van der Waals surface area contributed by atoms with Crippen LogP contribution in [0.4, 0.5) is 4.79 Å². The normalized spacial score (nSPS) is 17.5. The molecule has 6 heteroatoms. The summed E-state index contributed by atoms with van der Waals surface area (Å²) in [5, 5.41) is 2.85. The zero-order valence-corrected chi connectivity index (χ0v) is 19.3. The van der Waals surface area contributed by atoms with E-state index in [4.69, 9.17) is 0 Å². The molecule has 1 N–H and O–H groups in total. The maximum absolute atomic E-state index is 13.4. The van der Waals surface area contributed by atoms with E-state index in [9.17, 15) is 14.4 Å². The zero-order chi connectivity index (χ0) is 24.0. The van der Waals surface area contributed by atoms with Gasteiger partial charge in [0.15, 0.2) is 0 Å². The largest absolute Gasteiger partial charge is 0.336 e. The van der Waals surface area contributed by atoms with Crippen LogP contribution in [-0.2, 0) is 28.1 Å². The summed E-state index contributed by atoms with van der Waals surface area (Å²) in [6, 6.07) is 28.3. The quantitative estimate of drug-likeness (QED) is 0.494. The SMILES string of the molecule is CCC1(c2ccccc2)NC(=O)N(CC(=O)N(CCc2ccccc2)Cc2ccccc2)C1=O. The standard InChI is InChI=1S/C28H29N3O3/c1-2-28(24-16-10-5-11-17-24)26(33)31(27(34)29-28)21-25(32)30(20-23-14-8-4-9-15-23)19-18-22-12-6-3-7-13-22/h3-17H,2,18-21H2,1H3,(H,29,34). The number of nitrogens with one attached hydrogen (secondary N) is 1. The van der Waals surface area contributed by atoms with Gasteiger partial charge in [-0.3, -0.25) is 14.5 Å². The average molecular weight is 456 g/mol. The van der Waals surface area contributed by atoms with Gasteiger partial charge in [0.1, 0.15) is 12.1 Å². The molecule has 4 rings (SSSR count). The van der Waals surface area contributed by atoms with Crippen LogP contribution in [0.25, 0.3) is 0 Å². The number of imide groups is 1. The Bertz CT molecular complexity index is 1140. The molecule has 1 unspecified atom stereocenters. The maximum Gasteiger partial charge on any atom is 0.325 e. The molecule has 1 saturated heterocycles. The molecule has 6 nitrogen and oxygen atoms in total. The predicted octanol–water partition coefficient (Wildman–Crippen LogP) is 4.12. The van der Waals surface area contributed by atoms with E-state index < -0.39 is 11.6 Å². The zero-order valence-electron chi connectivity index (χ0n) is 19.3. The van der Waals surface area contributed by atoms with Crippen molar-refractivity contribution >= 4 is 17.8 Å². The summed E-state index contributed by atoms with van der Waals surface area (Å²) in [5.74, 6) is -0.648. The molecular formula is C28H29N3O3. The number of benzene rings is 3. The van der Waals surface area contributed by atoms with Crippen molar-refractivity contribution in [2.75, 3.05) is 13.1 Å². The van der Waals surface area contributed by atoms with Crippen molar-refractivity contribution in [2.24, 2.45) is 0 Å². The third-order valence-electron chi connectivity index (χ3n) is 6.35. The lowest BCUT2D eigenvalue weighted by Crippen LogP contribution is -2.45. The molecule has 0 saturated carbocycles. The minimum atomic E-state index is -1.15. The fourth-order valence-electron chi connectivity index (χ4n) is 4.37. The Kier molecular flexibility index (Phi) is 7.07. The molecular weight excluding hydrogens is 426 g/mol. The van der Waals surface area contributed by atoms with Gasteiger partial charge in [0.05, 0.1) is 0 Å². The molecule has 4 amide bonds.